The molecule has 1 aromatic heterocycles. The predicted octanol–water partition coefficient (Wildman–Crippen LogP) is 3.07. The van der Waals surface area contributed by atoms with Crippen LogP contribution >= 0.6 is 11.3 Å². The number of ether oxygens (including phenoxy) is 3. The third-order valence-corrected chi connectivity index (χ3v) is 6.25. The average Bonchev–Trinajstić information content (AvgIpc) is 3.26. The Morgan fingerprint density at radius 2 is 1.85 bits per heavy atom. The second-order valence-corrected chi connectivity index (χ2v) is 8.49. The molecule has 0 bridgehead atoms. The van der Waals surface area contributed by atoms with E-state index in [0.717, 1.165) is 5.56 Å². The predicted molar refractivity (Wildman–Crippen MR) is 123 cm³/mol. The summed E-state index contributed by atoms with van der Waals surface area (Å²) < 4.78 is 15.2. The van der Waals surface area contributed by atoms with E-state index >= 15 is 0 Å². The molecule has 176 valence electrons. The van der Waals surface area contributed by atoms with Gasteiger partial charge in [0.2, 0.25) is 0 Å². The van der Waals surface area contributed by atoms with Crippen LogP contribution in [-0.2, 0) is 23.8 Å². The first-order chi connectivity index (χ1) is 15.8. The standard InChI is InChI=1S/C23H27N3O6S/c1-6-32-19(27)15-12-33-22(24-15)26-23(3)18(21(29)31-5)17(14-10-8-7-9-11-14)16(13(2)25-23)20(28)30-4/h7-12,17-18,25H,6H2,1-5H3,(H,24,26). The molecule has 0 aliphatic carbocycles. The molecule has 0 saturated carbocycles. The lowest BCUT2D eigenvalue weighted by molar-refractivity contribution is -0.149. The van der Waals surface area contributed by atoms with Gasteiger partial charge in [0.05, 0.1) is 26.4 Å². The van der Waals surface area contributed by atoms with Gasteiger partial charge in [-0.25, -0.2) is 14.6 Å². The zero-order valence-corrected chi connectivity index (χ0v) is 19.9. The molecule has 9 nitrogen and oxygen atoms in total. The van der Waals surface area contributed by atoms with Crippen LogP contribution in [0, 0.1) is 5.92 Å². The number of anilines is 1. The molecular formula is C23H27N3O6S. The van der Waals surface area contributed by atoms with Crippen molar-refractivity contribution in [2.75, 3.05) is 26.1 Å². The van der Waals surface area contributed by atoms with E-state index in [-0.39, 0.29) is 12.3 Å². The Labute approximate surface area is 196 Å². The van der Waals surface area contributed by atoms with Gasteiger partial charge in [-0.3, -0.25) is 4.79 Å². The molecule has 2 N–H and O–H groups in total. The minimum atomic E-state index is -1.11. The van der Waals surface area contributed by atoms with Gasteiger partial charge in [-0.05, 0) is 26.3 Å². The summed E-state index contributed by atoms with van der Waals surface area (Å²) in [6.07, 6.45) is 0. The van der Waals surface area contributed by atoms with Gasteiger partial charge in [0.1, 0.15) is 11.6 Å². The summed E-state index contributed by atoms with van der Waals surface area (Å²) in [5.41, 5.74) is 0.700. The van der Waals surface area contributed by atoms with Crippen molar-refractivity contribution in [3.63, 3.8) is 0 Å². The van der Waals surface area contributed by atoms with E-state index in [2.05, 4.69) is 15.6 Å². The Morgan fingerprint density at radius 1 is 1.15 bits per heavy atom. The number of thiazole rings is 1. The van der Waals surface area contributed by atoms with Crippen LogP contribution in [0.4, 0.5) is 5.13 Å². The van der Waals surface area contributed by atoms with Crippen molar-refractivity contribution in [3.8, 4) is 0 Å². The van der Waals surface area contributed by atoms with Crippen molar-refractivity contribution in [3.05, 3.63) is 58.2 Å². The number of carbonyl (C=O) groups excluding carboxylic acids is 3. The smallest absolute Gasteiger partial charge is 0.357 e. The van der Waals surface area contributed by atoms with E-state index in [4.69, 9.17) is 14.2 Å². The fourth-order valence-electron chi connectivity index (χ4n) is 4.14. The van der Waals surface area contributed by atoms with Crippen molar-refractivity contribution < 1.29 is 28.6 Å². The first-order valence-electron chi connectivity index (χ1n) is 10.4. The summed E-state index contributed by atoms with van der Waals surface area (Å²) in [4.78, 5) is 42.3. The monoisotopic (exact) mass is 473 g/mol. The van der Waals surface area contributed by atoms with E-state index in [0.29, 0.717) is 16.4 Å². The van der Waals surface area contributed by atoms with Gasteiger partial charge < -0.3 is 24.8 Å². The summed E-state index contributed by atoms with van der Waals surface area (Å²) in [7, 11) is 2.60. The number of allylic oxidation sites excluding steroid dienone is 1. The van der Waals surface area contributed by atoms with Gasteiger partial charge >= 0.3 is 17.9 Å². The Balaban J connectivity index is 2.10. The Morgan fingerprint density at radius 3 is 2.45 bits per heavy atom. The third-order valence-electron chi connectivity index (χ3n) is 5.49. The quantitative estimate of drug-likeness (QED) is 0.462. The van der Waals surface area contributed by atoms with Gasteiger partial charge in [-0.2, -0.15) is 0 Å². The summed E-state index contributed by atoms with van der Waals surface area (Å²) in [5.74, 6) is -3.13. The van der Waals surface area contributed by atoms with Gasteiger partial charge in [0, 0.05) is 17.0 Å². The molecule has 3 atom stereocenters. The molecule has 2 aromatic rings. The lowest BCUT2D eigenvalue weighted by Gasteiger charge is -2.46. The number of nitrogens with zero attached hydrogens (tertiary/aromatic N) is 1. The average molecular weight is 474 g/mol. The topological polar surface area (TPSA) is 116 Å². The van der Waals surface area contributed by atoms with Crippen LogP contribution in [-0.4, -0.2) is 49.4 Å². The number of methoxy groups -OCH3 is 2. The number of rotatable bonds is 7. The molecule has 10 heteroatoms. The molecule has 0 spiro atoms. The van der Waals surface area contributed by atoms with E-state index < -0.39 is 35.4 Å². The van der Waals surface area contributed by atoms with E-state index in [9.17, 15) is 14.4 Å². The molecule has 2 heterocycles. The van der Waals surface area contributed by atoms with Crippen molar-refractivity contribution in [1.29, 1.82) is 0 Å². The van der Waals surface area contributed by atoms with Gasteiger partial charge in [0.25, 0.3) is 0 Å². The number of nitrogens with one attached hydrogen (secondary N) is 2. The van der Waals surface area contributed by atoms with E-state index in [1.54, 1.807) is 26.2 Å². The first kappa shape index (κ1) is 24.2. The summed E-state index contributed by atoms with van der Waals surface area (Å²) >= 11 is 1.20. The minimum absolute atomic E-state index is 0.167. The van der Waals surface area contributed by atoms with Gasteiger partial charge in [-0.1, -0.05) is 30.3 Å². The fourth-order valence-corrected chi connectivity index (χ4v) is 4.93. The molecule has 1 aromatic carbocycles. The first-order valence-corrected chi connectivity index (χ1v) is 11.2. The molecule has 33 heavy (non-hydrogen) atoms. The van der Waals surface area contributed by atoms with Crippen LogP contribution in [0.1, 0.15) is 42.7 Å². The maximum atomic E-state index is 13.2. The van der Waals surface area contributed by atoms with Crippen LogP contribution in [0.3, 0.4) is 0 Å². The maximum absolute atomic E-state index is 13.2. The van der Waals surface area contributed by atoms with Crippen molar-refractivity contribution in [2.45, 2.75) is 32.4 Å². The van der Waals surface area contributed by atoms with Gasteiger partial charge in [0.15, 0.2) is 10.8 Å². The number of hydrogen-bond donors (Lipinski definition) is 2. The number of benzene rings is 1. The molecule has 3 rings (SSSR count). The highest BCUT2D eigenvalue weighted by atomic mass is 32.1. The normalized spacial score (nSPS) is 22.2. The Hall–Kier alpha value is -3.40. The maximum Gasteiger partial charge on any atom is 0.357 e. The van der Waals surface area contributed by atoms with E-state index in [1.807, 2.05) is 30.3 Å². The highest BCUT2D eigenvalue weighted by molar-refractivity contribution is 7.13. The second kappa shape index (κ2) is 10.0. The highest BCUT2D eigenvalue weighted by Gasteiger charge is 2.52. The second-order valence-electron chi connectivity index (χ2n) is 7.63. The SMILES string of the molecule is CCOC(=O)c1csc(NC2(C)NC(C)=C(C(=O)OC)C(c3ccccc3)C2C(=O)OC)n1. The molecule has 0 radical (unpaired) electrons. The summed E-state index contributed by atoms with van der Waals surface area (Å²) in [5, 5.41) is 8.49. The Bertz CT molecular complexity index is 1070. The zero-order chi connectivity index (χ0) is 24.2. The molecule has 0 saturated heterocycles. The van der Waals surface area contributed by atoms with Gasteiger partial charge in [-0.15, -0.1) is 11.3 Å². The molecular weight excluding hydrogens is 446 g/mol. The molecule has 0 amide bonds. The van der Waals surface area contributed by atoms with Crippen LogP contribution in [0.5, 0.6) is 0 Å². The summed E-state index contributed by atoms with van der Waals surface area (Å²) in [6.45, 7) is 5.49. The van der Waals surface area contributed by atoms with Crippen LogP contribution in [0.2, 0.25) is 0 Å². The Kier molecular flexibility index (Phi) is 7.37. The number of carbonyl (C=O) groups is 3. The van der Waals surface area contributed by atoms with Crippen molar-refractivity contribution >= 4 is 34.4 Å². The molecule has 3 unspecified atom stereocenters. The summed E-state index contributed by atoms with van der Waals surface area (Å²) in [6, 6.07) is 9.24. The number of hydrogen-bond acceptors (Lipinski definition) is 10. The molecule has 0 fully saturated rings. The van der Waals surface area contributed by atoms with E-state index in [1.165, 1.54) is 25.6 Å². The third kappa shape index (κ3) is 4.85. The highest BCUT2D eigenvalue weighted by Crippen LogP contribution is 2.44. The van der Waals surface area contributed by atoms with Crippen LogP contribution in [0.25, 0.3) is 0 Å². The molecule has 1 aliphatic rings. The zero-order valence-electron chi connectivity index (χ0n) is 19.1. The van der Waals surface area contributed by atoms with Crippen molar-refractivity contribution in [2.24, 2.45) is 5.92 Å². The molecule has 1 aliphatic heterocycles. The largest absolute Gasteiger partial charge is 0.469 e. The van der Waals surface area contributed by atoms with Crippen molar-refractivity contribution in [1.82, 2.24) is 10.3 Å². The minimum Gasteiger partial charge on any atom is -0.469 e. The lowest BCUT2D eigenvalue weighted by Crippen LogP contribution is -2.62. The van der Waals surface area contributed by atoms with Crippen LogP contribution < -0.4 is 10.6 Å². The number of aromatic nitrogens is 1. The fraction of sp³-hybridized carbons (Fsp3) is 0.391. The lowest BCUT2D eigenvalue weighted by atomic mass is 9.71. The van der Waals surface area contributed by atoms with Crippen LogP contribution in [0.15, 0.2) is 47.0 Å². The number of esters is 3.